The van der Waals surface area contributed by atoms with E-state index < -0.39 is 18.1 Å². The Balaban J connectivity index is 2.19. The number of rotatable bonds is 4. The number of nitriles is 1. The van der Waals surface area contributed by atoms with E-state index in [0.29, 0.717) is 11.1 Å². The first kappa shape index (κ1) is 16.3. The van der Waals surface area contributed by atoms with Gasteiger partial charge in [0, 0.05) is 5.56 Å². The third-order valence-corrected chi connectivity index (χ3v) is 3.91. The molecule has 0 spiro atoms. The molecule has 4 nitrogen and oxygen atoms in total. The Labute approximate surface area is 137 Å². The fraction of sp³-hybridized carbons (Fsp3) is 0.125. The van der Waals surface area contributed by atoms with Crippen LogP contribution in [0.25, 0.3) is 0 Å². The molecule has 2 N–H and O–H groups in total. The van der Waals surface area contributed by atoms with Crippen LogP contribution >= 0.6 is 23.2 Å². The summed E-state index contributed by atoms with van der Waals surface area (Å²) < 4.78 is 0. The zero-order valence-corrected chi connectivity index (χ0v) is 12.8. The van der Waals surface area contributed by atoms with Gasteiger partial charge in [0.2, 0.25) is 0 Å². The molecule has 0 radical (unpaired) electrons. The SMILES string of the molecule is N#CC(NC(=O)C(O)c1ccccc1)c1cccc(Cl)c1Cl. The molecule has 0 saturated carbocycles. The molecule has 2 atom stereocenters. The highest BCUT2D eigenvalue weighted by molar-refractivity contribution is 6.42. The van der Waals surface area contributed by atoms with Gasteiger partial charge in [0.25, 0.3) is 5.91 Å². The number of nitrogens with zero attached hydrogens (tertiary/aromatic N) is 1. The van der Waals surface area contributed by atoms with Crippen molar-refractivity contribution in [1.82, 2.24) is 5.32 Å². The molecule has 0 saturated heterocycles. The predicted octanol–water partition coefficient (Wildman–Crippen LogP) is 3.41. The number of amides is 1. The lowest BCUT2D eigenvalue weighted by Gasteiger charge is -2.17. The zero-order chi connectivity index (χ0) is 16.1. The van der Waals surface area contributed by atoms with Crippen molar-refractivity contribution in [3.63, 3.8) is 0 Å². The van der Waals surface area contributed by atoms with Gasteiger partial charge in [-0.25, -0.2) is 0 Å². The average Bonchev–Trinajstić information content (AvgIpc) is 2.55. The molecule has 0 fully saturated rings. The van der Waals surface area contributed by atoms with Crippen molar-refractivity contribution in [1.29, 1.82) is 5.26 Å². The summed E-state index contributed by atoms with van der Waals surface area (Å²) in [6.07, 6.45) is -1.37. The molecule has 0 heterocycles. The van der Waals surface area contributed by atoms with Gasteiger partial charge in [-0.3, -0.25) is 4.79 Å². The molecular weight excluding hydrogens is 323 g/mol. The zero-order valence-electron chi connectivity index (χ0n) is 11.3. The maximum Gasteiger partial charge on any atom is 0.254 e. The molecule has 0 aliphatic heterocycles. The Morgan fingerprint density at radius 2 is 1.82 bits per heavy atom. The van der Waals surface area contributed by atoms with Crippen LogP contribution in [0.15, 0.2) is 48.5 Å². The van der Waals surface area contributed by atoms with Crippen LogP contribution in [0, 0.1) is 11.3 Å². The van der Waals surface area contributed by atoms with Crippen LogP contribution in [0.4, 0.5) is 0 Å². The Bertz CT molecular complexity index is 714. The lowest BCUT2D eigenvalue weighted by Crippen LogP contribution is -2.32. The van der Waals surface area contributed by atoms with E-state index in [2.05, 4.69) is 5.32 Å². The third kappa shape index (κ3) is 3.58. The van der Waals surface area contributed by atoms with Gasteiger partial charge in [0.15, 0.2) is 6.10 Å². The summed E-state index contributed by atoms with van der Waals surface area (Å²) in [5.41, 5.74) is 0.819. The van der Waals surface area contributed by atoms with Crippen molar-refractivity contribution in [2.45, 2.75) is 12.1 Å². The molecule has 2 aromatic carbocycles. The second-order valence-corrected chi connectivity index (χ2v) is 5.31. The van der Waals surface area contributed by atoms with Crippen LogP contribution in [0.1, 0.15) is 23.3 Å². The van der Waals surface area contributed by atoms with E-state index in [1.54, 1.807) is 48.5 Å². The van der Waals surface area contributed by atoms with Gasteiger partial charge < -0.3 is 10.4 Å². The number of carbonyl (C=O) groups is 1. The van der Waals surface area contributed by atoms with Gasteiger partial charge in [0.1, 0.15) is 6.04 Å². The Hall–Kier alpha value is -2.06. The van der Waals surface area contributed by atoms with Gasteiger partial charge in [-0.15, -0.1) is 0 Å². The van der Waals surface area contributed by atoms with Gasteiger partial charge in [-0.2, -0.15) is 5.26 Å². The number of aliphatic hydroxyl groups is 1. The Morgan fingerprint density at radius 3 is 2.45 bits per heavy atom. The van der Waals surface area contributed by atoms with Crippen LogP contribution in [0.2, 0.25) is 10.0 Å². The summed E-state index contributed by atoms with van der Waals surface area (Å²) in [7, 11) is 0. The number of nitrogens with one attached hydrogen (secondary N) is 1. The van der Waals surface area contributed by atoms with Crippen LogP contribution in [0.5, 0.6) is 0 Å². The smallest absolute Gasteiger partial charge is 0.254 e. The van der Waals surface area contributed by atoms with Crippen molar-refractivity contribution in [2.75, 3.05) is 0 Å². The molecular formula is C16H12Cl2N2O2. The molecule has 22 heavy (non-hydrogen) atoms. The van der Waals surface area contributed by atoms with Crippen LogP contribution in [0.3, 0.4) is 0 Å². The number of benzene rings is 2. The van der Waals surface area contributed by atoms with E-state index in [9.17, 15) is 15.2 Å². The summed E-state index contributed by atoms with van der Waals surface area (Å²) >= 11 is 12.0. The van der Waals surface area contributed by atoms with Gasteiger partial charge in [0.05, 0.1) is 16.1 Å². The van der Waals surface area contributed by atoms with E-state index in [1.807, 2.05) is 6.07 Å². The van der Waals surface area contributed by atoms with Crippen LogP contribution < -0.4 is 5.32 Å². The summed E-state index contributed by atoms with van der Waals surface area (Å²) in [5, 5.41) is 22.2. The number of halogens is 2. The predicted molar refractivity (Wildman–Crippen MR) is 84.4 cm³/mol. The highest BCUT2D eigenvalue weighted by Crippen LogP contribution is 2.30. The largest absolute Gasteiger partial charge is 0.378 e. The monoisotopic (exact) mass is 334 g/mol. The second-order valence-electron chi connectivity index (χ2n) is 4.53. The van der Waals surface area contributed by atoms with Crippen molar-refractivity contribution < 1.29 is 9.90 Å². The second kappa shape index (κ2) is 7.28. The summed E-state index contributed by atoms with van der Waals surface area (Å²) in [6, 6.07) is 14.2. The standard InChI is InChI=1S/C16H12Cl2N2O2/c17-12-8-4-7-11(14(12)18)13(9-19)20-16(22)15(21)10-5-2-1-3-6-10/h1-8,13,15,21H,(H,20,22). The van der Waals surface area contributed by atoms with Crippen LogP contribution in [-0.2, 0) is 4.79 Å². The van der Waals surface area contributed by atoms with Crippen molar-refractivity contribution in [3.05, 3.63) is 69.7 Å². The minimum atomic E-state index is -1.37. The quantitative estimate of drug-likeness (QED) is 0.899. The van der Waals surface area contributed by atoms with E-state index in [1.165, 1.54) is 0 Å². The first-order chi connectivity index (χ1) is 10.5. The first-order valence-electron chi connectivity index (χ1n) is 6.41. The van der Waals surface area contributed by atoms with Gasteiger partial charge in [-0.05, 0) is 11.6 Å². The number of hydrogen-bond donors (Lipinski definition) is 2. The van der Waals surface area contributed by atoms with E-state index >= 15 is 0 Å². The fourth-order valence-electron chi connectivity index (χ4n) is 1.93. The molecule has 0 aromatic heterocycles. The lowest BCUT2D eigenvalue weighted by atomic mass is 10.1. The first-order valence-corrected chi connectivity index (χ1v) is 7.17. The van der Waals surface area contributed by atoms with E-state index in [4.69, 9.17) is 23.2 Å². The van der Waals surface area contributed by atoms with E-state index in [0.717, 1.165) is 0 Å². The van der Waals surface area contributed by atoms with Gasteiger partial charge in [-0.1, -0.05) is 65.7 Å². The van der Waals surface area contributed by atoms with E-state index in [-0.39, 0.29) is 10.0 Å². The molecule has 2 aromatic rings. The van der Waals surface area contributed by atoms with Crippen molar-refractivity contribution in [2.24, 2.45) is 0 Å². The number of carbonyl (C=O) groups excluding carboxylic acids is 1. The molecule has 2 rings (SSSR count). The molecule has 0 aliphatic carbocycles. The molecule has 1 amide bonds. The van der Waals surface area contributed by atoms with Crippen LogP contribution in [-0.4, -0.2) is 11.0 Å². The molecule has 0 aliphatic rings. The maximum absolute atomic E-state index is 12.1. The molecule has 112 valence electrons. The number of hydrogen-bond acceptors (Lipinski definition) is 3. The molecule has 0 bridgehead atoms. The number of aliphatic hydroxyl groups excluding tert-OH is 1. The highest BCUT2D eigenvalue weighted by Gasteiger charge is 2.23. The summed E-state index contributed by atoms with van der Waals surface area (Å²) in [5.74, 6) is -0.686. The molecule has 6 heteroatoms. The maximum atomic E-state index is 12.1. The topological polar surface area (TPSA) is 73.1 Å². The van der Waals surface area contributed by atoms with Gasteiger partial charge >= 0.3 is 0 Å². The molecule has 2 unspecified atom stereocenters. The lowest BCUT2D eigenvalue weighted by molar-refractivity contribution is -0.130. The fourth-order valence-corrected chi connectivity index (χ4v) is 2.35. The summed E-state index contributed by atoms with van der Waals surface area (Å²) in [6.45, 7) is 0. The summed E-state index contributed by atoms with van der Waals surface area (Å²) in [4.78, 5) is 12.1. The third-order valence-electron chi connectivity index (χ3n) is 3.07. The minimum Gasteiger partial charge on any atom is -0.378 e. The Morgan fingerprint density at radius 1 is 1.14 bits per heavy atom. The Kier molecular flexibility index (Phi) is 5.40. The van der Waals surface area contributed by atoms with Crippen molar-refractivity contribution in [3.8, 4) is 6.07 Å². The normalized spacial score (nSPS) is 13.0. The minimum absolute atomic E-state index is 0.199. The highest BCUT2D eigenvalue weighted by atomic mass is 35.5. The van der Waals surface area contributed by atoms with Crippen molar-refractivity contribution >= 4 is 29.1 Å². The average molecular weight is 335 g/mol.